The summed E-state index contributed by atoms with van der Waals surface area (Å²) in [5.74, 6) is -1.82. The maximum absolute atomic E-state index is 11.8. The van der Waals surface area contributed by atoms with E-state index in [1.807, 2.05) is 0 Å². The van der Waals surface area contributed by atoms with Crippen LogP contribution in [0.1, 0.15) is 24.7 Å². The van der Waals surface area contributed by atoms with Gasteiger partial charge in [-0.05, 0) is 6.92 Å². The number of aliphatic hydroxyl groups excluding tert-OH is 1. The van der Waals surface area contributed by atoms with Crippen molar-refractivity contribution >= 4 is 0 Å². The minimum atomic E-state index is -4.65. The standard InChI is InChI=1S/C5H5F3N2O2/c1-2(11)3-9-4(12-10-3)5(6,7)8/h2,11H,1H3. The molecule has 0 radical (unpaired) electrons. The van der Waals surface area contributed by atoms with E-state index in [1.165, 1.54) is 6.92 Å². The molecule has 0 saturated heterocycles. The first-order valence-electron chi connectivity index (χ1n) is 3.00. The molecule has 0 aliphatic carbocycles. The molecule has 0 spiro atoms. The Balaban J connectivity index is 2.92. The van der Waals surface area contributed by atoms with Crippen molar-refractivity contribution < 1.29 is 22.8 Å². The number of alkyl halides is 3. The second-order valence-corrected chi connectivity index (χ2v) is 2.13. The molecule has 1 aromatic rings. The van der Waals surface area contributed by atoms with Crippen LogP contribution in [0.25, 0.3) is 0 Å². The summed E-state index contributed by atoms with van der Waals surface area (Å²) in [4.78, 5) is 2.93. The largest absolute Gasteiger partial charge is 0.471 e. The Morgan fingerprint density at radius 3 is 2.33 bits per heavy atom. The van der Waals surface area contributed by atoms with E-state index in [2.05, 4.69) is 14.7 Å². The van der Waals surface area contributed by atoms with E-state index in [1.54, 1.807) is 0 Å². The smallest absolute Gasteiger partial charge is 0.385 e. The third-order valence-electron chi connectivity index (χ3n) is 1.06. The molecule has 1 heterocycles. The highest BCUT2D eigenvalue weighted by Crippen LogP contribution is 2.27. The molecule has 7 heteroatoms. The zero-order chi connectivity index (χ0) is 9.35. The summed E-state index contributed by atoms with van der Waals surface area (Å²) in [6.07, 6.45) is -5.81. The predicted octanol–water partition coefficient (Wildman–Crippen LogP) is 1.14. The van der Waals surface area contributed by atoms with Crippen LogP contribution in [0.4, 0.5) is 13.2 Å². The first kappa shape index (κ1) is 8.98. The zero-order valence-electron chi connectivity index (χ0n) is 5.96. The van der Waals surface area contributed by atoms with Gasteiger partial charge < -0.3 is 9.63 Å². The molecule has 0 fully saturated rings. The van der Waals surface area contributed by atoms with Crippen LogP contribution in [0, 0.1) is 0 Å². The highest BCUT2D eigenvalue weighted by molar-refractivity contribution is 4.91. The summed E-state index contributed by atoms with van der Waals surface area (Å²) in [6.45, 7) is 1.24. The topological polar surface area (TPSA) is 59.2 Å². The number of rotatable bonds is 1. The minimum absolute atomic E-state index is 0.373. The Kier molecular flexibility index (Phi) is 2.05. The fraction of sp³-hybridized carbons (Fsp3) is 0.600. The molecular formula is C5H5F3N2O2. The van der Waals surface area contributed by atoms with Gasteiger partial charge in [-0.15, -0.1) is 0 Å². The molecular weight excluding hydrogens is 177 g/mol. The van der Waals surface area contributed by atoms with E-state index < -0.39 is 18.2 Å². The molecule has 1 unspecified atom stereocenters. The Hall–Kier alpha value is -1.11. The number of aliphatic hydroxyl groups is 1. The maximum atomic E-state index is 11.8. The van der Waals surface area contributed by atoms with Crippen molar-refractivity contribution in [2.24, 2.45) is 0 Å². The summed E-state index contributed by atoms with van der Waals surface area (Å²) in [7, 11) is 0. The quantitative estimate of drug-likeness (QED) is 0.707. The maximum Gasteiger partial charge on any atom is 0.471 e. The van der Waals surface area contributed by atoms with Crippen molar-refractivity contribution in [1.82, 2.24) is 10.1 Å². The molecule has 4 nitrogen and oxygen atoms in total. The van der Waals surface area contributed by atoms with Crippen LogP contribution in [-0.4, -0.2) is 15.2 Å². The van der Waals surface area contributed by atoms with Crippen LogP contribution in [0.5, 0.6) is 0 Å². The van der Waals surface area contributed by atoms with E-state index >= 15 is 0 Å². The van der Waals surface area contributed by atoms with Crippen molar-refractivity contribution in [3.63, 3.8) is 0 Å². The third kappa shape index (κ3) is 1.73. The molecule has 0 aliphatic rings. The van der Waals surface area contributed by atoms with Crippen LogP contribution < -0.4 is 0 Å². The average molecular weight is 182 g/mol. The van der Waals surface area contributed by atoms with Crippen molar-refractivity contribution in [3.05, 3.63) is 11.7 Å². The molecule has 0 saturated carbocycles. The highest BCUT2D eigenvalue weighted by Gasteiger charge is 2.38. The van der Waals surface area contributed by atoms with Crippen LogP contribution in [0.3, 0.4) is 0 Å². The number of nitrogens with zero attached hydrogens (tertiary/aromatic N) is 2. The Morgan fingerprint density at radius 2 is 2.08 bits per heavy atom. The molecule has 68 valence electrons. The van der Waals surface area contributed by atoms with E-state index in [-0.39, 0.29) is 5.82 Å². The fourth-order valence-corrected chi connectivity index (χ4v) is 0.520. The van der Waals surface area contributed by atoms with Crippen molar-refractivity contribution in [2.45, 2.75) is 19.2 Å². The summed E-state index contributed by atoms with van der Waals surface area (Å²) < 4.78 is 39.2. The van der Waals surface area contributed by atoms with E-state index in [0.717, 1.165) is 0 Å². The van der Waals surface area contributed by atoms with E-state index in [0.29, 0.717) is 0 Å². The Labute approximate surface area is 65.0 Å². The predicted molar refractivity (Wildman–Crippen MR) is 29.9 cm³/mol. The van der Waals surface area contributed by atoms with Gasteiger partial charge in [-0.1, -0.05) is 5.16 Å². The van der Waals surface area contributed by atoms with E-state index in [4.69, 9.17) is 5.11 Å². The van der Waals surface area contributed by atoms with Crippen molar-refractivity contribution in [1.29, 1.82) is 0 Å². The lowest BCUT2D eigenvalue weighted by Gasteiger charge is -1.96. The molecule has 12 heavy (non-hydrogen) atoms. The number of hydrogen-bond acceptors (Lipinski definition) is 4. The monoisotopic (exact) mass is 182 g/mol. The molecule has 0 aliphatic heterocycles. The molecule has 1 N–H and O–H groups in total. The second-order valence-electron chi connectivity index (χ2n) is 2.13. The molecule has 0 amide bonds. The van der Waals surface area contributed by atoms with Gasteiger partial charge in [0.1, 0.15) is 6.10 Å². The fourth-order valence-electron chi connectivity index (χ4n) is 0.520. The van der Waals surface area contributed by atoms with Gasteiger partial charge in [0, 0.05) is 0 Å². The number of hydrogen-bond donors (Lipinski definition) is 1. The van der Waals surface area contributed by atoms with Crippen molar-refractivity contribution in [3.8, 4) is 0 Å². The molecule has 1 rings (SSSR count). The first-order chi connectivity index (χ1) is 5.41. The first-order valence-corrected chi connectivity index (χ1v) is 3.00. The van der Waals surface area contributed by atoms with Crippen LogP contribution >= 0.6 is 0 Å². The lowest BCUT2D eigenvalue weighted by Crippen LogP contribution is -2.05. The number of aromatic nitrogens is 2. The van der Waals surface area contributed by atoms with Crippen LogP contribution in [0.15, 0.2) is 4.52 Å². The average Bonchev–Trinajstić information content (AvgIpc) is 2.30. The van der Waals surface area contributed by atoms with Crippen LogP contribution in [-0.2, 0) is 6.18 Å². The van der Waals surface area contributed by atoms with Gasteiger partial charge in [0.25, 0.3) is 0 Å². The lowest BCUT2D eigenvalue weighted by atomic mass is 10.4. The SMILES string of the molecule is CC(O)c1noc(C(F)(F)F)n1. The summed E-state index contributed by atoms with van der Waals surface area (Å²) in [5, 5.41) is 11.7. The molecule has 1 atom stereocenters. The zero-order valence-corrected chi connectivity index (χ0v) is 5.96. The normalized spacial score (nSPS) is 14.8. The molecule has 1 aromatic heterocycles. The van der Waals surface area contributed by atoms with Gasteiger partial charge in [0.15, 0.2) is 5.82 Å². The van der Waals surface area contributed by atoms with Gasteiger partial charge in [0.05, 0.1) is 0 Å². The van der Waals surface area contributed by atoms with Crippen molar-refractivity contribution in [2.75, 3.05) is 0 Å². The lowest BCUT2D eigenvalue weighted by molar-refractivity contribution is -0.159. The Bertz CT molecular complexity index is 268. The minimum Gasteiger partial charge on any atom is -0.385 e. The van der Waals surface area contributed by atoms with E-state index in [9.17, 15) is 13.2 Å². The van der Waals surface area contributed by atoms with Crippen LogP contribution in [0.2, 0.25) is 0 Å². The third-order valence-corrected chi connectivity index (χ3v) is 1.06. The summed E-state index contributed by atoms with van der Waals surface area (Å²) in [5.41, 5.74) is 0. The Morgan fingerprint density at radius 1 is 1.50 bits per heavy atom. The highest BCUT2D eigenvalue weighted by atomic mass is 19.4. The van der Waals surface area contributed by atoms with Gasteiger partial charge in [-0.3, -0.25) is 0 Å². The number of halogens is 3. The van der Waals surface area contributed by atoms with Gasteiger partial charge in [-0.25, -0.2) is 0 Å². The van der Waals surface area contributed by atoms with Gasteiger partial charge in [-0.2, -0.15) is 18.2 Å². The van der Waals surface area contributed by atoms with Gasteiger partial charge in [0.2, 0.25) is 0 Å². The van der Waals surface area contributed by atoms with Gasteiger partial charge >= 0.3 is 12.1 Å². The summed E-state index contributed by atoms with van der Waals surface area (Å²) >= 11 is 0. The molecule has 0 bridgehead atoms. The molecule has 0 aromatic carbocycles. The summed E-state index contributed by atoms with van der Waals surface area (Å²) in [6, 6.07) is 0. The second kappa shape index (κ2) is 2.74.